The molecular weight excluding hydrogens is 1960 g/mol. The Morgan fingerprint density at radius 3 is 1.24 bits per heavy atom. The Morgan fingerprint density at radius 1 is 0.364 bits per heavy atom. The van der Waals surface area contributed by atoms with Crippen molar-refractivity contribution in [2.75, 3.05) is 56.6 Å². The summed E-state index contributed by atoms with van der Waals surface area (Å²) in [5.74, 6) is -1.69. The first-order chi connectivity index (χ1) is 67.2. The van der Waals surface area contributed by atoms with E-state index in [1.54, 1.807) is 128 Å². The number of methoxy groups -OCH3 is 4. The van der Waals surface area contributed by atoms with Crippen LogP contribution in [-0.2, 0) is 43.2 Å². The van der Waals surface area contributed by atoms with Gasteiger partial charge in [-0.1, -0.05) is 91.0 Å². The molecule has 0 saturated carbocycles. The number of nitrogen functional groups attached to an aromatic ring is 3. The fourth-order valence-electron chi connectivity index (χ4n) is 15.0. The summed E-state index contributed by atoms with van der Waals surface area (Å²) in [5, 5.41) is 47.1. The Bertz CT molecular complexity index is 8460. The number of aromatic nitrogens is 12. The lowest BCUT2D eigenvalue weighted by atomic mass is 10.0. The van der Waals surface area contributed by atoms with E-state index in [1.807, 2.05) is 48.5 Å². The van der Waals surface area contributed by atoms with E-state index in [0.29, 0.717) is 135 Å². The van der Waals surface area contributed by atoms with E-state index < -0.39 is 59.2 Å². The fourth-order valence-corrected chi connectivity index (χ4v) is 19.3. The lowest BCUT2D eigenvalue weighted by molar-refractivity contribution is 0.409. The number of fused-ring (bicyclic) bond motifs is 7. The van der Waals surface area contributed by atoms with Crippen molar-refractivity contribution in [3.8, 4) is 89.9 Å². The van der Waals surface area contributed by atoms with Crippen LogP contribution >= 0.6 is 27.3 Å². The first kappa shape index (κ1) is 97.0. The number of nitrogens with one attached hydrogen (secondary N) is 9. The molecule has 7 heterocycles. The van der Waals surface area contributed by atoms with Crippen LogP contribution in [0.1, 0.15) is 11.1 Å². The molecule has 7 aromatic heterocycles. The van der Waals surface area contributed by atoms with Crippen molar-refractivity contribution in [1.82, 2.24) is 70.6 Å². The molecule has 0 radical (unpaired) electrons. The third-order valence-electron chi connectivity index (χ3n) is 21.7. The smallest absolute Gasteiger partial charge is 0.241 e. The van der Waals surface area contributed by atoms with Gasteiger partial charge in [-0.05, 0) is 179 Å². The molecule has 140 heavy (non-hydrogen) atoms. The van der Waals surface area contributed by atoms with Gasteiger partial charge in [0.25, 0.3) is 0 Å². The molecular formula is C99H79BrF8N18O10S4. The maximum absolute atomic E-state index is 14.5. The molecule has 0 saturated heterocycles. The van der Waals surface area contributed by atoms with Crippen LogP contribution in [0.5, 0.6) is 23.0 Å². The van der Waals surface area contributed by atoms with E-state index in [4.69, 9.17) is 36.1 Å². The van der Waals surface area contributed by atoms with Crippen molar-refractivity contribution in [3.05, 3.63) is 335 Å². The van der Waals surface area contributed by atoms with Crippen LogP contribution in [0.2, 0.25) is 0 Å². The number of aromatic amines is 6. The zero-order valence-electron chi connectivity index (χ0n) is 73.9. The highest BCUT2D eigenvalue weighted by atomic mass is 79.9. The van der Waals surface area contributed by atoms with Crippen LogP contribution in [0.25, 0.3) is 142 Å². The number of H-pyrrole nitrogens is 6. The molecule has 0 aliphatic heterocycles. The largest absolute Gasteiger partial charge is 0.497 e. The molecule has 0 atom stereocenters. The van der Waals surface area contributed by atoms with E-state index in [-0.39, 0.29) is 62.7 Å². The highest BCUT2D eigenvalue weighted by Gasteiger charge is 2.25. The zero-order valence-corrected chi connectivity index (χ0v) is 78.8. The number of nitrogens with zero attached hydrogens (tertiary/aromatic N) is 6. The molecule has 0 aliphatic carbocycles. The highest BCUT2D eigenvalue weighted by Crippen LogP contribution is 2.43. The third kappa shape index (κ3) is 21.7. The van der Waals surface area contributed by atoms with Crippen LogP contribution in [0.3, 0.4) is 0 Å². The van der Waals surface area contributed by atoms with Crippen molar-refractivity contribution >= 4 is 156 Å². The predicted molar refractivity (Wildman–Crippen MR) is 531 cm³/mol. The van der Waals surface area contributed by atoms with Crippen molar-refractivity contribution in [1.29, 1.82) is 0 Å². The van der Waals surface area contributed by atoms with Gasteiger partial charge in [0, 0.05) is 108 Å². The second-order valence-electron chi connectivity index (χ2n) is 31.0. The van der Waals surface area contributed by atoms with E-state index in [1.165, 1.54) is 137 Å². The lowest BCUT2D eigenvalue weighted by Gasteiger charge is -2.12. The molecule has 0 bridgehead atoms. The van der Waals surface area contributed by atoms with Crippen LogP contribution < -0.4 is 50.3 Å². The van der Waals surface area contributed by atoms with Crippen LogP contribution in [-0.4, -0.2) is 121 Å². The summed E-state index contributed by atoms with van der Waals surface area (Å²) in [7, 11) is -5.27. The van der Waals surface area contributed by atoms with Gasteiger partial charge >= 0.3 is 0 Å². The minimum atomic E-state index is -3.89. The summed E-state index contributed by atoms with van der Waals surface area (Å²) in [6.07, 6.45) is 0.985. The van der Waals surface area contributed by atoms with Crippen molar-refractivity contribution < 1.29 is 79.3 Å². The second-order valence-corrected chi connectivity index (χ2v) is 38.1. The standard InChI is InChI=1S/C22H20FN3O4S.C21H17F2N3O3S.C16H12FN3O2S2.C14H12FN3O.C13H9BrFN3.C13H9F2N3/c1-29-17-7-4-8-18(11-17)31(27,28)24-13-15-10-19-20(12-21(15)30-2)25-26-22(19)14-5-3-6-16(23)9-14;1-29-16-6-3-7-17(10-16)30(27,28)24-12-14-9-18-20(11-19(14)23)25-26-21(18)13-4-2-5-15(22)8-13;1-24(21,22)20-13-7-10-12(8-11(13)17)18-19-16(10)15-6-9-4-2-3-5-14(9)23-15;1-19-14-10(16)5-6-11-12(14)13(18-17-11)8-3-2-4-9(15)7-8;14-12-9(16)4-5-10-11(12)13(18-17-10)7-2-1-3-8(15)6-7;14-8-3-1-2-7(6-8)13-11-10(17-18-13)5-4-9(16)12(11)15/h3-12,24H,13H2,1-2H3,(H,25,26);2-11,24H,12H2,1H3,(H,25,26);2-8,20H,1H3,(H,18,19);2-7H,16H2,1H3,(H,17,18);2*1-6H,16H2,(H,17,18). The maximum atomic E-state index is 14.5. The van der Waals surface area contributed by atoms with Gasteiger partial charge < -0.3 is 36.1 Å². The molecule has 14 aromatic carbocycles. The molecule has 0 aliphatic rings. The average Bonchev–Trinajstić information content (AvgIpc) is 1.64. The maximum Gasteiger partial charge on any atom is 0.241 e. The van der Waals surface area contributed by atoms with Crippen molar-refractivity contribution in [3.63, 3.8) is 0 Å². The summed E-state index contributed by atoms with van der Waals surface area (Å²) < 4.78 is 213. The van der Waals surface area contributed by atoms with E-state index in [0.717, 1.165) is 52.9 Å². The van der Waals surface area contributed by atoms with Gasteiger partial charge in [0.15, 0.2) is 11.6 Å². The number of rotatable bonds is 20. The Hall–Kier alpha value is -16.1. The normalized spacial score (nSPS) is 11.4. The average molecular weight is 2040 g/mol. The monoisotopic (exact) mass is 2040 g/mol. The van der Waals surface area contributed by atoms with E-state index in [9.17, 15) is 60.4 Å². The first-order valence-corrected chi connectivity index (χ1v) is 48.3. The predicted octanol–water partition coefficient (Wildman–Crippen LogP) is 21.6. The van der Waals surface area contributed by atoms with Crippen molar-refractivity contribution in [2.45, 2.75) is 22.9 Å². The number of benzene rings is 14. The number of thiophene rings is 1. The van der Waals surface area contributed by atoms with Crippen LogP contribution in [0.15, 0.2) is 287 Å². The number of hydrogen-bond donors (Lipinski definition) is 12. The molecule has 41 heteroatoms. The SMILES string of the molecule is COc1c(N)ccc2[nH]nc(-c3cccc(F)c3)c12.COc1cccc(S(=O)(=O)NCc2cc3c(-c4cccc(F)c4)n[nH]c3cc2F)c1.COc1cccc(S(=O)(=O)NCc2cc3c(-c4cccc(F)c4)n[nH]c3cc2OC)c1.CS(=O)(=O)Nc1cc2c(-c3cc4ccccc4s3)n[nH]c2cc1F.Nc1ccc2[nH]nc(-c3cccc(F)c3)c2c1Br.Nc1ccc2[nH]nc(-c3cccc(F)c3)c2c1F. The Morgan fingerprint density at radius 2 is 0.764 bits per heavy atom. The van der Waals surface area contributed by atoms with Gasteiger partial charge in [-0.15, -0.1) is 11.3 Å². The van der Waals surface area contributed by atoms with Gasteiger partial charge in [-0.3, -0.25) is 35.3 Å². The summed E-state index contributed by atoms with van der Waals surface area (Å²) in [5.41, 5.74) is 29.3. The number of nitrogens with two attached hydrogens (primary N) is 3. The molecule has 0 spiro atoms. The van der Waals surface area contributed by atoms with Gasteiger partial charge in [0.1, 0.15) is 92.1 Å². The van der Waals surface area contributed by atoms with Crippen LogP contribution in [0.4, 0.5) is 57.9 Å². The van der Waals surface area contributed by atoms with Gasteiger partial charge in [-0.2, -0.15) is 30.6 Å². The minimum absolute atomic E-state index is 0.00657. The Labute approximate surface area is 804 Å². The lowest BCUT2D eigenvalue weighted by Crippen LogP contribution is -2.23. The summed E-state index contributed by atoms with van der Waals surface area (Å²) in [6.45, 7) is -0.276. The van der Waals surface area contributed by atoms with Crippen LogP contribution in [0, 0.1) is 46.5 Å². The Kier molecular flexibility index (Phi) is 28.8. The van der Waals surface area contributed by atoms with Gasteiger partial charge in [-0.25, -0.2) is 69.8 Å². The summed E-state index contributed by atoms with van der Waals surface area (Å²) >= 11 is 5.03. The number of hydrogen-bond acceptors (Lipinski definition) is 20. The topological polar surface area (TPSA) is 426 Å². The molecule has 712 valence electrons. The first-order valence-electron chi connectivity index (χ1n) is 41.8. The number of anilines is 4. The molecule has 21 rings (SSSR count). The number of halogens is 9. The van der Waals surface area contributed by atoms with Crippen molar-refractivity contribution in [2.24, 2.45) is 0 Å². The molecule has 0 amide bonds. The molecule has 21 aromatic rings. The minimum Gasteiger partial charge on any atom is -0.497 e. The second kappa shape index (κ2) is 41.5. The number of ether oxygens (including phenoxy) is 4. The fraction of sp³-hybridized carbons (Fsp3) is 0.0707. The van der Waals surface area contributed by atoms with E-state index in [2.05, 4.69) is 91.3 Å². The zero-order chi connectivity index (χ0) is 99.0. The van der Waals surface area contributed by atoms with E-state index >= 15 is 0 Å². The molecule has 0 fully saturated rings. The quantitative estimate of drug-likeness (QED) is 0.0249. The summed E-state index contributed by atoms with van der Waals surface area (Å²) in [4.78, 5) is 1.03. The molecule has 28 nitrogen and oxygen atoms in total. The van der Waals surface area contributed by atoms with Gasteiger partial charge in [0.05, 0.1) is 115 Å². The molecule has 0 unspecified atom stereocenters. The number of sulfonamides is 3. The summed E-state index contributed by atoms with van der Waals surface area (Å²) in [6, 6.07) is 71.9. The van der Waals surface area contributed by atoms with Gasteiger partial charge in [0.2, 0.25) is 30.1 Å². The highest BCUT2D eigenvalue weighted by molar-refractivity contribution is 9.10. The Balaban J connectivity index is 0.000000123. The molecule has 15 N–H and O–H groups in total. The third-order valence-corrected chi connectivity index (χ3v) is 27.1.